The maximum absolute atomic E-state index is 13.6. The largest absolute Gasteiger partial charge is 0.549 e. The van der Waals surface area contributed by atoms with E-state index >= 15 is 0 Å². The lowest BCUT2D eigenvalue weighted by Gasteiger charge is -2.56. The molecule has 0 saturated carbocycles. The first-order valence-corrected chi connectivity index (χ1v) is 8.26. The highest BCUT2D eigenvalue weighted by atomic mass is 19.4. The van der Waals surface area contributed by atoms with Crippen LogP contribution in [0.25, 0.3) is 0 Å². The van der Waals surface area contributed by atoms with Crippen molar-refractivity contribution in [1.29, 1.82) is 0 Å². The van der Waals surface area contributed by atoms with E-state index in [1.54, 1.807) is 6.92 Å². The van der Waals surface area contributed by atoms with Gasteiger partial charge in [-0.05, 0) is 20.0 Å². The van der Waals surface area contributed by atoms with Crippen LogP contribution in [0, 0.1) is 16.7 Å². The molecule has 156 valence electrons. The number of carboxylic acid groups (broad SMARTS) is 2. The summed E-state index contributed by atoms with van der Waals surface area (Å²) in [6.45, 7) is 3.15. The summed E-state index contributed by atoms with van der Waals surface area (Å²) >= 11 is 0. The number of halogens is 5. The number of hydrogen-bond donors (Lipinski definition) is 0. The summed E-state index contributed by atoms with van der Waals surface area (Å²) in [6, 6.07) is -2.62. The Hall–Kier alpha value is -1.78. The highest BCUT2D eigenvalue weighted by Crippen LogP contribution is 2.54. The van der Waals surface area contributed by atoms with Crippen LogP contribution in [0.15, 0.2) is 4.99 Å². The molecule has 0 fully saturated rings. The van der Waals surface area contributed by atoms with Crippen LogP contribution >= 0.6 is 0 Å². The van der Waals surface area contributed by atoms with Crippen LogP contribution in [0.3, 0.4) is 0 Å². The minimum absolute atomic E-state index is 0.213. The van der Waals surface area contributed by atoms with E-state index in [-0.39, 0.29) is 6.54 Å². The molecule has 0 aromatic carbocycles. The molecule has 4 atom stereocenters. The first-order chi connectivity index (χ1) is 12.2. The molecular formula is C16H21F5N2O4-2. The zero-order valence-corrected chi connectivity index (χ0v) is 15.3. The Bertz CT molecular complexity index is 624. The average Bonchev–Trinajstić information content (AvgIpc) is 2.54. The molecule has 1 heterocycles. The van der Waals surface area contributed by atoms with E-state index in [0.717, 1.165) is 13.8 Å². The molecule has 1 aliphatic rings. The minimum atomic E-state index is -5.36. The SMILES string of the molecule is CCN(C)CC1C(CC)(C(=O)[O-])C(C(F)(F)F)=NC(C(F)F)C1(C)C(=O)[O-]. The maximum Gasteiger partial charge on any atom is 0.430 e. The third kappa shape index (κ3) is 3.65. The Morgan fingerprint density at radius 3 is 2.04 bits per heavy atom. The maximum atomic E-state index is 13.6. The van der Waals surface area contributed by atoms with Crippen LogP contribution < -0.4 is 10.2 Å². The smallest absolute Gasteiger partial charge is 0.430 e. The molecule has 0 amide bonds. The molecule has 0 bridgehead atoms. The molecule has 0 aromatic rings. The number of aliphatic imine (C=N–C) groups is 1. The molecule has 6 nitrogen and oxygen atoms in total. The Balaban J connectivity index is 3.98. The second-order valence-corrected chi connectivity index (χ2v) is 6.84. The summed E-state index contributed by atoms with van der Waals surface area (Å²) in [5, 5.41) is 23.7. The van der Waals surface area contributed by atoms with Gasteiger partial charge in [-0.2, -0.15) is 13.2 Å². The molecule has 0 spiro atoms. The molecule has 0 saturated heterocycles. The van der Waals surface area contributed by atoms with E-state index in [9.17, 15) is 41.8 Å². The van der Waals surface area contributed by atoms with Crippen molar-refractivity contribution in [3.63, 3.8) is 0 Å². The molecule has 27 heavy (non-hydrogen) atoms. The lowest BCUT2D eigenvalue weighted by molar-refractivity contribution is -0.334. The van der Waals surface area contributed by atoms with Crippen LogP contribution in [-0.2, 0) is 9.59 Å². The van der Waals surface area contributed by atoms with Gasteiger partial charge in [0.2, 0.25) is 0 Å². The number of carboxylic acids is 2. The molecule has 4 unspecified atom stereocenters. The van der Waals surface area contributed by atoms with Crippen molar-refractivity contribution in [2.75, 3.05) is 20.1 Å². The number of carbonyl (C=O) groups excluding carboxylic acids is 2. The predicted molar refractivity (Wildman–Crippen MR) is 80.8 cm³/mol. The molecule has 1 rings (SSSR count). The Morgan fingerprint density at radius 2 is 1.74 bits per heavy atom. The molecule has 0 radical (unpaired) electrons. The van der Waals surface area contributed by atoms with Crippen LogP contribution in [0.1, 0.15) is 27.2 Å². The number of hydrogen-bond acceptors (Lipinski definition) is 6. The summed E-state index contributed by atoms with van der Waals surface area (Å²) in [6.07, 6.45) is -9.68. The number of alkyl halides is 5. The third-order valence-corrected chi connectivity index (χ3v) is 5.53. The van der Waals surface area contributed by atoms with E-state index in [4.69, 9.17) is 0 Å². The summed E-state index contributed by atoms with van der Waals surface area (Å²) < 4.78 is 68.0. The van der Waals surface area contributed by atoms with Gasteiger partial charge in [0, 0.05) is 17.9 Å². The van der Waals surface area contributed by atoms with Gasteiger partial charge in [0.05, 0.1) is 17.4 Å². The van der Waals surface area contributed by atoms with Gasteiger partial charge in [-0.25, -0.2) is 8.78 Å². The van der Waals surface area contributed by atoms with E-state index in [0.29, 0.717) is 0 Å². The van der Waals surface area contributed by atoms with Gasteiger partial charge in [0.25, 0.3) is 6.43 Å². The van der Waals surface area contributed by atoms with Crippen molar-refractivity contribution in [3.8, 4) is 0 Å². The van der Waals surface area contributed by atoms with Gasteiger partial charge in [-0.15, -0.1) is 0 Å². The predicted octanol–water partition coefficient (Wildman–Crippen LogP) is 0.107. The fraction of sp³-hybridized carbons (Fsp3) is 0.812. The second-order valence-electron chi connectivity index (χ2n) is 6.84. The van der Waals surface area contributed by atoms with Gasteiger partial charge < -0.3 is 24.7 Å². The zero-order chi connectivity index (χ0) is 21.4. The Labute approximate surface area is 153 Å². The quantitative estimate of drug-likeness (QED) is 0.565. The summed E-state index contributed by atoms with van der Waals surface area (Å²) in [5.41, 5.74) is -7.53. The monoisotopic (exact) mass is 400 g/mol. The lowest BCUT2D eigenvalue weighted by atomic mass is 9.54. The average molecular weight is 400 g/mol. The van der Waals surface area contributed by atoms with Crippen LogP contribution in [0.4, 0.5) is 22.0 Å². The van der Waals surface area contributed by atoms with Crippen molar-refractivity contribution >= 4 is 17.7 Å². The number of rotatable bonds is 7. The van der Waals surface area contributed by atoms with Crippen LogP contribution in [-0.4, -0.2) is 61.3 Å². The van der Waals surface area contributed by atoms with E-state index in [1.165, 1.54) is 11.9 Å². The molecule has 0 aliphatic carbocycles. The molecule has 1 aliphatic heterocycles. The van der Waals surface area contributed by atoms with E-state index < -0.39 is 66.0 Å². The van der Waals surface area contributed by atoms with Crippen molar-refractivity contribution in [3.05, 3.63) is 0 Å². The van der Waals surface area contributed by atoms with Crippen molar-refractivity contribution < 1.29 is 41.8 Å². The highest BCUT2D eigenvalue weighted by molar-refractivity contribution is 6.10. The van der Waals surface area contributed by atoms with Gasteiger partial charge in [-0.1, -0.05) is 20.8 Å². The van der Waals surface area contributed by atoms with Gasteiger partial charge in [-0.3, -0.25) is 4.99 Å². The number of nitrogens with zero attached hydrogens (tertiary/aromatic N) is 2. The summed E-state index contributed by atoms with van der Waals surface area (Å²) in [4.78, 5) is 28.0. The van der Waals surface area contributed by atoms with Crippen molar-refractivity contribution in [1.82, 2.24) is 4.90 Å². The number of aliphatic carboxylic acids is 2. The first-order valence-electron chi connectivity index (χ1n) is 8.26. The minimum Gasteiger partial charge on any atom is -0.549 e. The van der Waals surface area contributed by atoms with Gasteiger partial charge >= 0.3 is 6.18 Å². The topological polar surface area (TPSA) is 95.9 Å². The second kappa shape index (κ2) is 7.69. The van der Waals surface area contributed by atoms with Gasteiger partial charge in [0.1, 0.15) is 11.8 Å². The summed E-state index contributed by atoms with van der Waals surface area (Å²) in [5.74, 6) is -6.22. The molecule has 11 heteroatoms. The standard InChI is InChI=1S/C16H23F5N2O4/c1-5-15(13(26)27)8(7-23(4)6-2)14(3,12(24)25)9(10(17)18)22-11(15)16(19,20)21/h8-10H,5-7H2,1-4H3,(H,24,25)(H,26,27)/p-2. The van der Waals surface area contributed by atoms with Crippen molar-refractivity contribution in [2.45, 2.75) is 45.8 Å². The molecule has 0 aromatic heterocycles. The first kappa shape index (κ1) is 23.3. The third-order valence-electron chi connectivity index (χ3n) is 5.53. The van der Waals surface area contributed by atoms with E-state index in [2.05, 4.69) is 4.99 Å². The Morgan fingerprint density at radius 1 is 1.22 bits per heavy atom. The number of carbonyl (C=O) groups is 2. The fourth-order valence-corrected chi connectivity index (χ4v) is 3.76. The van der Waals surface area contributed by atoms with Crippen molar-refractivity contribution in [2.24, 2.45) is 21.7 Å². The molecule has 0 N–H and O–H groups in total. The molecular weight excluding hydrogens is 379 g/mol. The van der Waals surface area contributed by atoms with Gasteiger partial charge in [0.15, 0.2) is 0 Å². The Kier molecular flexibility index (Phi) is 6.62. The highest BCUT2D eigenvalue weighted by Gasteiger charge is 2.65. The van der Waals surface area contributed by atoms with E-state index in [1.807, 2.05) is 0 Å². The normalized spacial score (nSPS) is 31.9. The summed E-state index contributed by atoms with van der Waals surface area (Å²) in [7, 11) is 1.40. The lowest BCUT2D eigenvalue weighted by Crippen LogP contribution is -2.70. The fourth-order valence-electron chi connectivity index (χ4n) is 3.76. The zero-order valence-electron chi connectivity index (χ0n) is 15.3. The van der Waals surface area contributed by atoms with Crippen LogP contribution in [0.5, 0.6) is 0 Å². The van der Waals surface area contributed by atoms with Crippen LogP contribution in [0.2, 0.25) is 0 Å².